The van der Waals surface area contributed by atoms with E-state index < -0.39 is 5.92 Å². The van der Waals surface area contributed by atoms with Gasteiger partial charge >= 0.3 is 0 Å². The van der Waals surface area contributed by atoms with Crippen molar-refractivity contribution in [1.29, 1.82) is 0 Å². The molecule has 1 unspecified atom stereocenters. The SMILES string of the molecule is CCn1nc(C)cc1C(=O)Nc1cccc(C(=O)c2ccc3c(c2)NC(=O)C3C=Nc2ccc(OC)c(O)c2)c1. The summed E-state index contributed by atoms with van der Waals surface area (Å²) in [5, 5.41) is 19.9. The van der Waals surface area contributed by atoms with E-state index in [0.717, 1.165) is 5.69 Å². The van der Waals surface area contributed by atoms with Crippen LogP contribution in [-0.2, 0) is 11.3 Å². The zero-order chi connectivity index (χ0) is 28.4. The molecular formula is C30H27N5O5. The monoisotopic (exact) mass is 537 g/mol. The van der Waals surface area contributed by atoms with Crippen LogP contribution in [0.1, 0.15) is 50.5 Å². The molecule has 2 heterocycles. The van der Waals surface area contributed by atoms with E-state index >= 15 is 0 Å². The molecule has 1 aromatic heterocycles. The number of aryl methyl sites for hydroxylation is 2. The van der Waals surface area contributed by atoms with Crippen LogP contribution in [0.2, 0.25) is 0 Å². The minimum Gasteiger partial charge on any atom is -0.504 e. The fraction of sp³-hybridized carbons (Fsp3) is 0.167. The number of carbonyl (C=O) groups is 3. The fourth-order valence-corrected chi connectivity index (χ4v) is 4.57. The molecule has 0 spiro atoms. The molecule has 0 aliphatic carbocycles. The van der Waals surface area contributed by atoms with Crippen molar-refractivity contribution in [2.24, 2.45) is 4.99 Å². The number of methoxy groups -OCH3 is 1. The molecule has 1 aliphatic heterocycles. The standard InChI is InChI=1S/C30H27N5O5/c1-4-35-25(12-17(2)34-35)30(39)32-21-7-5-6-18(13-21)28(37)19-8-10-22-23(29(38)33-24(22)14-19)16-31-20-9-11-27(40-3)26(36)15-20/h5-16,23,36H,4H2,1-3H3,(H,32,39)(H,33,38). The summed E-state index contributed by atoms with van der Waals surface area (Å²) in [4.78, 5) is 43.1. The third kappa shape index (κ3) is 5.19. The number of fused-ring (bicyclic) bond motifs is 1. The molecule has 0 saturated carbocycles. The normalized spacial score (nSPS) is 14.2. The summed E-state index contributed by atoms with van der Waals surface area (Å²) in [6.45, 7) is 4.29. The van der Waals surface area contributed by atoms with Gasteiger partial charge < -0.3 is 20.5 Å². The highest BCUT2D eigenvalue weighted by molar-refractivity contribution is 6.15. The van der Waals surface area contributed by atoms with Gasteiger partial charge in [-0.2, -0.15) is 5.10 Å². The predicted octanol–water partition coefficient (Wildman–Crippen LogP) is 4.85. The van der Waals surface area contributed by atoms with Gasteiger partial charge in [0.1, 0.15) is 11.6 Å². The van der Waals surface area contributed by atoms with Gasteiger partial charge in [0.15, 0.2) is 17.3 Å². The molecule has 2 amide bonds. The number of anilines is 2. The Kier molecular flexibility index (Phi) is 7.15. The van der Waals surface area contributed by atoms with E-state index in [1.807, 2.05) is 13.8 Å². The van der Waals surface area contributed by atoms with Crippen LogP contribution in [-0.4, -0.2) is 45.8 Å². The van der Waals surface area contributed by atoms with Crippen LogP contribution in [0.3, 0.4) is 0 Å². The molecule has 0 radical (unpaired) electrons. The predicted molar refractivity (Wildman–Crippen MR) is 151 cm³/mol. The summed E-state index contributed by atoms with van der Waals surface area (Å²) in [5.74, 6) is -1.22. The van der Waals surface area contributed by atoms with E-state index in [4.69, 9.17) is 4.74 Å². The molecular weight excluding hydrogens is 510 g/mol. The molecule has 5 rings (SSSR count). The van der Waals surface area contributed by atoms with Gasteiger partial charge in [-0.1, -0.05) is 24.3 Å². The minimum absolute atomic E-state index is 0.0529. The molecule has 0 bridgehead atoms. The first-order valence-electron chi connectivity index (χ1n) is 12.6. The number of ether oxygens (including phenoxy) is 1. The molecule has 40 heavy (non-hydrogen) atoms. The van der Waals surface area contributed by atoms with Crippen LogP contribution in [0.5, 0.6) is 11.5 Å². The van der Waals surface area contributed by atoms with Gasteiger partial charge in [-0.15, -0.1) is 0 Å². The first kappa shape index (κ1) is 26.4. The molecule has 4 aromatic rings. The Hall–Kier alpha value is -5.25. The van der Waals surface area contributed by atoms with Gasteiger partial charge in [0.25, 0.3) is 5.91 Å². The summed E-state index contributed by atoms with van der Waals surface area (Å²) in [7, 11) is 1.46. The molecule has 0 fully saturated rings. The number of amides is 2. The highest BCUT2D eigenvalue weighted by Crippen LogP contribution is 2.34. The second-order valence-corrected chi connectivity index (χ2v) is 9.25. The number of phenols is 1. The Bertz CT molecular complexity index is 1670. The third-order valence-electron chi connectivity index (χ3n) is 6.54. The van der Waals surface area contributed by atoms with Crippen molar-refractivity contribution in [1.82, 2.24) is 9.78 Å². The van der Waals surface area contributed by atoms with Crippen molar-refractivity contribution >= 4 is 40.9 Å². The van der Waals surface area contributed by atoms with E-state index in [2.05, 4.69) is 20.7 Å². The van der Waals surface area contributed by atoms with Gasteiger partial charge in [-0.3, -0.25) is 24.1 Å². The van der Waals surface area contributed by atoms with Gasteiger partial charge in [-0.25, -0.2) is 0 Å². The second kappa shape index (κ2) is 10.9. The molecule has 3 aromatic carbocycles. The van der Waals surface area contributed by atoms with E-state index in [9.17, 15) is 19.5 Å². The first-order valence-corrected chi connectivity index (χ1v) is 12.6. The molecule has 0 saturated heterocycles. The number of aromatic hydroxyl groups is 1. The topological polar surface area (TPSA) is 135 Å². The van der Waals surface area contributed by atoms with Gasteiger partial charge in [-0.05, 0) is 55.8 Å². The Morgan fingerprint density at radius 2 is 1.93 bits per heavy atom. The minimum atomic E-state index is -0.651. The quantitative estimate of drug-likeness (QED) is 0.217. The average Bonchev–Trinajstić information content (AvgIpc) is 3.49. The van der Waals surface area contributed by atoms with Gasteiger partial charge in [0, 0.05) is 41.3 Å². The van der Waals surface area contributed by atoms with Gasteiger partial charge in [0.2, 0.25) is 5.91 Å². The lowest BCUT2D eigenvalue weighted by Crippen LogP contribution is -2.17. The molecule has 1 aliphatic rings. The summed E-state index contributed by atoms with van der Waals surface area (Å²) >= 11 is 0. The van der Waals surface area contributed by atoms with Crippen LogP contribution in [0.15, 0.2) is 71.7 Å². The summed E-state index contributed by atoms with van der Waals surface area (Å²) < 4.78 is 6.66. The van der Waals surface area contributed by atoms with Crippen LogP contribution in [0.25, 0.3) is 0 Å². The van der Waals surface area contributed by atoms with Crippen LogP contribution < -0.4 is 15.4 Å². The number of aromatic nitrogens is 2. The molecule has 1 atom stereocenters. The van der Waals surface area contributed by atoms with Crippen molar-refractivity contribution in [2.45, 2.75) is 26.3 Å². The Morgan fingerprint density at radius 3 is 2.67 bits per heavy atom. The maximum Gasteiger partial charge on any atom is 0.273 e. The summed E-state index contributed by atoms with van der Waals surface area (Å²) in [5.41, 5.74) is 4.12. The number of benzene rings is 3. The lowest BCUT2D eigenvalue weighted by atomic mass is 9.97. The number of ketones is 1. The second-order valence-electron chi connectivity index (χ2n) is 9.25. The summed E-state index contributed by atoms with van der Waals surface area (Å²) in [6, 6.07) is 18.1. The molecule has 3 N–H and O–H groups in total. The van der Waals surface area contributed by atoms with Crippen molar-refractivity contribution in [3.63, 3.8) is 0 Å². The van der Waals surface area contributed by atoms with Crippen LogP contribution in [0, 0.1) is 6.92 Å². The average molecular weight is 538 g/mol. The maximum atomic E-state index is 13.3. The van der Waals surface area contributed by atoms with Crippen molar-refractivity contribution in [3.8, 4) is 11.5 Å². The van der Waals surface area contributed by atoms with E-state index in [-0.39, 0.29) is 23.3 Å². The Balaban J connectivity index is 1.33. The maximum absolute atomic E-state index is 13.3. The number of hydrogen-bond acceptors (Lipinski definition) is 7. The Morgan fingerprint density at radius 1 is 1.12 bits per heavy atom. The van der Waals surface area contributed by atoms with E-state index in [0.29, 0.717) is 51.7 Å². The number of aliphatic imine (C=N–C) groups is 1. The fourth-order valence-electron chi connectivity index (χ4n) is 4.57. The number of nitrogens with one attached hydrogen (secondary N) is 2. The Labute approximate surface area is 230 Å². The smallest absolute Gasteiger partial charge is 0.273 e. The number of phenolic OH excluding ortho intramolecular Hbond substituents is 1. The van der Waals surface area contributed by atoms with Crippen molar-refractivity contribution < 1.29 is 24.2 Å². The highest BCUT2D eigenvalue weighted by atomic mass is 16.5. The zero-order valence-corrected chi connectivity index (χ0v) is 22.1. The first-order chi connectivity index (χ1) is 19.3. The van der Waals surface area contributed by atoms with E-state index in [1.54, 1.807) is 65.3 Å². The molecule has 202 valence electrons. The largest absolute Gasteiger partial charge is 0.504 e. The lowest BCUT2D eigenvalue weighted by molar-refractivity contribution is -0.115. The summed E-state index contributed by atoms with van der Waals surface area (Å²) in [6.07, 6.45) is 1.50. The van der Waals surface area contributed by atoms with Crippen molar-refractivity contribution in [2.75, 3.05) is 17.7 Å². The van der Waals surface area contributed by atoms with E-state index in [1.165, 1.54) is 19.4 Å². The number of carbonyl (C=O) groups excluding carboxylic acids is 3. The number of nitrogens with zero attached hydrogens (tertiary/aromatic N) is 3. The van der Waals surface area contributed by atoms with Crippen LogP contribution >= 0.6 is 0 Å². The molecule has 10 heteroatoms. The van der Waals surface area contributed by atoms with Crippen molar-refractivity contribution in [3.05, 3.63) is 94.8 Å². The molecule has 10 nitrogen and oxygen atoms in total. The third-order valence-corrected chi connectivity index (χ3v) is 6.54. The highest BCUT2D eigenvalue weighted by Gasteiger charge is 2.30. The number of rotatable bonds is 8. The zero-order valence-electron chi connectivity index (χ0n) is 22.1. The van der Waals surface area contributed by atoms with Crippen LogP contribution in [0.4, 0.5) is 17.1 Å². The number of hydrogen-bond donors (Lipinski definition) is 3. The lowest BCUT2D eigenvalue weighted by Gasteiger charge is -2.09. The van der Waals surface area contributed by atoms with Gasteiger partial charge in [0.05, 0.1) is 18.5 Å².